The molecule has 3 rings (SSSR count). The number of fused-ring (bicyclic) bond motifs is 1. The van der Waals surface area contributed by atoms with Crippen LogP contribution in [0.3, 0.4) is 0 Å². The molecule has 0 saturated carbocycles. The van der Waals surface area contributed by atoms with Crippen molar-refractivity contribution in [2.45, 2.75) is 12.8 Å². The Bertz CT molecular complexity index is 732. The first-order chi connectivity index (χ1) is 9.20. The molecular formula is C15H12ClFN2. The van der Waals surface area contributed by atoms with E-state index in [2.05, 4.69) is 4.98 Å². The van der Waals surface area contributed by atoms with Crippen LogP contribution in [0.2, 0.25) is 0 Å². The van der Waals surface area contributed by atoms with E-state index in [0.717, 1.165) is 28.1 Å². The van der Waals surface area contributed by atoms with Crippen molar-refractivity contribution in [3.63, 3.8) is 0 Å². The molecule has 2 nitrogen and oxygen atoms in total. The molecule has 0 spiro atoms. The molecule has 0 unspecified atom stereocenters. The minimum absolute atomic E-state index is 0.252. The lowest BCUT2D eigenvalue weighted by Crippen LogP contribution is -2.00. The van der Waals surface area contributed by atoms with Crippen LogP contribution >= 0.6 is 11.6 Å². The van der Waals surface area contributed by atoms with E-state index in [4.69, 9.17) is 11.6 Å². The highest BCUT2D eigenvalue weighted by Gasteiger charge is 2.13. The number of halogens is 2. The van der Waals surface area contributed by atoms with E-state index in [-0.39, 0.29) is 5.82 Å². The van der Waals surface area contributed by atoms with E-state index in [1.165, 1.54) is 12.1 Å². The molecule has 0 bridgehead atoms. The van der Waals surface area contributed by atoms with Gasteiger partial charge in [-0.25, -0.2) is 9.37 Å². The summed E-state index contributed by atoms with van der Waals surface area (Å²) in [5, 5.41) is 0. The number of hydrogen-bond donors (Lipinski definition) is 0. The number of benzene rings is 2. The zero-order valence-corrected chi connectivity index (χ0v) is 11.2. The van der Waals surface area contributed by atoms with Gasteiger partial charge >= 0.3 is 0 Å². The summed E-state index contributed by atoms with van der Waals surface area (Å²) in [5.41, 5.74) is 3.91. The lowest BCUT2D eigenvalue weighted by Gasteiger charge is -2.09. The zero-order valence-electron chi connectivity index (χ0n) is 10.4. The number of nitrogens with zero attached hydrogens (tertiary/aromatic N) is 2. The third-order valence-electron chi connectivity index (χ3n) is 3.15. The van der Waals surface area contributed by atoms with Crippen LogP contribution < -0.4 is 0 Å². The van der Waals surface area contributed by atoms with Crippen molar-refractivity contribution in [2.24, 2.45) is 0 Å². The normalized spacial score (nSPS) is 11.1. The first-order valence-electron chi connectivity index (χ1n) is 5.99. The maximum atomic E-state index is 13.1. The summed E-state index contributed by atoms with van der Waals surface area (Å²) in [6, 6.07) is 12.3. The quantitative estimate of drug-likeness (QED) is 0.640. The minimum Gasteiger partial charge on any atom is -0.295 e. The van der Waals surface area contributed by atoms with Crippen LogP contribution in [-0.4, -0.2) is 9.55 Å². The molecule has 2 aromatic carbocycles. The Kier molecular flexibility index (Phi) is 2.99. The maximum Gasteiger partial charge on any atom is 0.129 e. The lowest BCUT2D eigenvalue weighted by atomic mass is 10.2. The first-order valence-corrected chi connectivity index (χ1v) is 6.53. The van der Waals surface area contributed by atoms with Gasteiger partial charge in [0.1, 0.15) is 11.6 Å². The van der Waals surface area contributed by atoms with Gasteiger partial charge in [-0.2, -0.15) is 0 Å². The van der Waals surface area contributed by atoms with Crippen LogP contribution in [0.1, 0.15) is 11.4 Å². The monoisotopic (exact) mass is 274 g/mol. The molecule has 1 heterocycles. The Morgan fingerprint density at radius 2 is 1.89 bits per heavy atom. The van der Waals surface area contributed by atoms with Crippen LogP contribution in [0.15, 0.2) is 42.5 Å². The fourth-order valence-corrected chi connectivity index (χ4v) is 2.48. The molecule has 1 aromatic heterocycles. The largest absolute Gasteiger partial charge is 0.295 e. The first kappa shape index (κ1) is 12.2. The van der Waals surface area contributed by atoms with E-state index in [1.54, 1.807) is 12.1 Å². The number of aryl methyl sites for hydroxylation is 1. The molecule has 3 aromatic rings. The highest BCUT2D eigenvalue weighted by atomic mass is 35.5. The SMILES string of the molecule is Cc1cccc2nc(CCl)n(-c3ccc(F)cc3)c12. The number of alkyl halides is 1. The third-order valence-corrected chi connectivity index (χ3v) is 3.39. The predicted octanol–water partition coefficient (Wildman–Crippen LogP) is 4.21. The Balaban J connectivity index is 2.35. The van der Waals surface area contributed by atoms with Crippen molar-refractivity contribution < 1.29 is 4.39 Å². The molecule has 0 aliphatic rings. The second-order valence-electron chi connectivity index (χ2n) is 4.42. The summed E-state index contributed by atoms with van der Waals surface area (Å²) in [6.45, 7) is 2.03. The van der Waals surface area contributed by atoms with Crippen LogP contribution in [0.5, 0.6) is 0 Å². The third kappa shape index (κ3) is 2.00. The lowest BCUT2D eigenvalue weighted by molar-refractivity contribution is 0.627. The number of para-hydroxylation sites is 1. The second kappa shape index (κ2) is 4.67. The smallest absolute Gasteiger partial charge is 0.129 e. The van der Waals surface area contributed by atoms with Gasteiger partial charge in [-0.3, -0.25) is 4.57 Å². The fourth-order valence-electron chi connectivity index (χ4n) is 2.30. The van der Waals surface area contributed by atoms with Gasteiger partial charge in [-0.1, -0.05) is 12.1 Å². The number of rotatable bonds is 2. The van der Waals surface area contributed by atoms with E-state index in [1.807, 2.05) is 29.7 Å². The van der Waals surface area contributed by atoms with Crippen molar-refractivity contribution in [1.29, 1.82) is 0 Å². The number of imidazole rings is 1. The minimum atomic E-state index is -0.252. The van der Waals surface area contributed by atoms with E-state index in [9.17, 15) is 4.39 Å². The summed E-state index contributed by atoms with van der Waals surface area (Å²) < 4.78 is 15.0. The molecule has 19 heavy (non-hydrogen) atoms. The van der Waals surface area contributed by atoms with Gasteiger partial charge in [0.05, 0.1) is 16.9 Å². The van der Waals surface area contributed by atoms with Gasteiger partial charge in [-0.05, 0) is 42.8 Å². The maximum absolute atomic E-state index is 13.1. The molecule has 0 saturated heterocycles. The highest BCUT2D eigenvalue weighted by molar-refractivity contribution is 6.17. The molecule has 0 radical (unpaired) electrons. The van der Waals surface area contributed by atoms with Gasteiger partial charge in [-0.15, -0.1) is 11.6 Å². The van der Waals surface area contributed by atoms with Crippen LogP contribution in [-0.2, 0) is 5.88 Å². The second-order valence-corrected chi connectivity index (χ2v) is 4.68. The number of aromatic nitrogens is 2. The van der Waals surface area contributed by atoms with Gasteiger partial charge in [0.25, 0.3) is 0 Å². The molecular weight excluding hydrogens is 263 g/mol. The highest BCUT2D eigenvalue weighted by Crippen LogP contribution is 2.25. The molecule has 4 heteroatoms. The zero-order chi connectivity index (χ0) is 13.4. The standard InChI is InChI=1S/C15H12ClFN2/c1-10-3-2-4-13-15(10)19(14(9-16)18-13)12-7-5-11(17)6-8-12/h2-8H,9H2,1H3. The van der Waals surface area contributed by atoms with Crippen molar-refractivity contribution in [2.75, 3.05) is 0 Å². The molecule has 0 fully saturated rings. The fraction of sp³-hybridized carbons (Fsp3) is 0.133. The van der Waals surface area contributed by atoms with Crippen LogP contribution in [0.25, 0.3) is 16.7 Å². The van der Waals surface area contributed by atoms with Crippen LogP contribution in [0.4, 0.5) is 4.39 Å². The van der Waals surface area contributed by atoms with Crippen molar-refractivity contribution >= 4 is 22.6 Å². The average molecular weight is 275 g/mol. The summed E-state index contributed by atoms with van der Waals surface area (Å²) in [4.78, 5) is 4.53. The molecule has 0 amide bonds. The Morgan fingerprint density at radius 3 is 2.58 bits per heavy atom. The Hall–Kier alpha value is -1.87. The molecule has 0 aliphatic carbocycles. The number of hydrogen-bond acceptors (Lipinski definition) is 1. The average Bonchev–Trinajstić information content (AvgIpc) is 2.80. The summed E-state index contributed by atoms with van der Waals surface area (Å²) in [7, 11) is 0. The topological polar surface area (TPSA) is 17.8 Å². The molecule has 0 aliphatic heterocycles. The summed E-state index contributed by atoms with van der Waals surface area (Å²) in [6.07, 6.45) is 0. The van der Waals surface area contributed by atoms with E-state index in [0.29, 0.717) is 5.88 Å². The van der Waals surface area contributed by atoms with Crippen molar-refractivity contribution in [3.8, 4) is 5.69 Å². The van der Waals surface area contributed by atoms with Crippen molar-refractivity contribution in [3.05, 3.63) is 59.7 Å². The molecule has 0 atom stereocenters. The van der Waals surface area contributed by atoms with Crippen molar-refractivity contribution in [1.82, 2.24) is 9.55 Å². The van der Waals surface area contributed by atoms with Gasteiger partial charge in [0.2, 0.25) is 0 Å². The van der Waals surface area contributed by atoms with Crippen LogP contribution in [0, 0.1) is 12.7 Å². The van der Waals surface area contributed by atoms with Gasteiger partial charge in [0.15, 0.2) is 0 Å². The Morgan fingerprint density at radius 1 is 1.16 bits per heavy atom. The summed E-state index contributed by atoms with van der Waals surface area (Å²) in [5.74, 6) is 0.820. The predicted molar refractivity (Wildman–Crippen MR) is 75.3 cm³/mol. The molecule has 96 valence electrons. The van der Waals surface area contributed by atoms with E-state index >= 15 is 0 Å². The molecule has 0 N–H and O–H groups in total. The van der Waals surface area contributed by atoms with E-state index < -0.39 is 0 Å². The summed E-state index contributed by atoms with van der Waals surface area (Å²) >= 11 is 5.98. The Labute approximate surface area is 115 Å². The van der Waals surface area contributed by atoms with Gasteiger partial charge in [0, 0.05) is 5.69 Å². The van der Waals surface area contributed by atoms with Gasteiger partial charge < -0.3 is 0 Å².